The predicted octanol–water partition coefficient (Wildman–Crippen LogP) is -1.54. The van der Waals surface area contributed by atoms with Gasteiger partial charge in [-0.25, -0.2) is 0 Å². The Bertz CT molecular complexity index is 209. The SMILES string of the molecule is CNCC(C)C(=O)NCCOCC(N)=O. The number of nitrogens with two attached hydrogens (primary N) is 1. The molecule has 0 aliphatic carbocycles. The van der Waals surface area contributed by atoms with E-state index in [1.807, 2.05) is 6.92 Å². The van der Waals surface area contributed by atoms with Crippen molar-refractivity contribution in [3.8, 4) is 0 Å². The molecule has 15 heavy (non-hydrogen) atoms. The highest BCUT2D eigenvalue weighted by Crippen LogP contribution is 1.90. The molecule has 4 N–H and O–H groups in total. The summed E-state index contributed by atoms with van der Waals surface area (Å²) in [5, 5.41) is 5.60. The van der Waals surface area contributed by atoms with Crippen LogP contribution in [0.4, 0.5) is 0 Å². The highest BCUT2D eigenvalue weighted by molar-refractivity contribution is 5.78. The fourth-order valence-electron chi connectivity index (χ4n) is 0.992. The maximum Gasteiger partial charge on any atom is 0.243 e. The molecule has 6 heteroatoms. The third kappa shape index (κ3) is 7.90. The third-order valence-electron chi connectivity index (χ3n) is 1.75. The van der Waals surface area contributed by atoms with E-state index < -0.39 is 5.91 Å². The minimum absolute atomic E-state index is 0.0352. The molecule has 0 radical (unpaired) electrons. The molecular formula is C9H19N3O3. The van der Waals surface area contributed by atoms with Crippen LogP contribution in [0.5, 0.6) is 0 Å². The molecule has 0 rings (SSSR count). The molecule has 0 heterocycles. The van der Waals surface area contributed by atoms with Crippen LogP contribution in [0.1, 0.15) is 6.92 Å². The van der Waals surface area contributed by atoms with Gasteiger partial charge in [0, 0.05) is 19.0 Å². The van der Waals surface area contributed by atoms with E-state index in [9.17, 15) is 9.59 Å². The number of hydrogen-bond acceptors (Lipinski definition) is 4. The van der Waals surface area contributed by atoms with Gasteiger partial charge in [-0.2, -0.15) is 0 Å². The van der Waals surface area contributed by atoms with E-state index in [-0.39, 0.29) is 18.4 Å². The van der Waals surface area contributed by atoms with E-state index >= 15 is 0 Å². The van der Waals surface area contributed by atoms with Gasteiger partial charge in [-0.3, -0.25) is 9.59 Å². The average Bonchev–Trinajstić information content (AvgIpc) is 2.16. The zero-order valence-electron chi connectivity index (χ0n) is 9.21. The lowest BCUT2D eigenvalue weighted by Crippen LogP contribution is -2.36. The predicted molar refractivity (Wildman–Crippen MR) is 56.1 cm³/mol. The number of ether oxygens (including phenoxy) is 1. The molecular weight excluding hydrogens is 198 g/mol. The van der Waals surface area contributed by atoms with Gasteiger partial charge in [0.15, 0.2) is 0 Å². The van der Waals surface area contributed by atoms with Gasteiger partial charge in [-0.05, 0) is 7.05 Å². The highest BCUT2D eigenvalue weighted by atomic mass is 16.5. The number of hydrogen-bond donors (Lipinski definition) is 3. The molecule has 0 bridgehead atoms. The van der Waals surface area contributed by atoms with E-state index in [0.29, 0.717) is 19.7 Å². The van der Waals surface area contributed by atoms with Gasteiger partial charge in [-0.15, -0.1) is 0 Å². The summed E-state index contributed by atoms with van der Waals surface area (Å²) in [6, 6.07) is 0. The topological polar surface area (TPSA) is 93.4 Å². The molecule has 1 unspecified atom stereocenters. The van der Waals surface area contributed by atoms with Gasteiger partial charge in [0.1, 0.15) is 6.61 Å². The van der Waals surface area contributed by atoms with Crippen LogP contribution < -0.4 is 16.4 Å². The van der Waals surface area contributed by atoms with Gasteiger partial charge in [-0.1, -0.05) is 6.92 Å². The summed E-state index contributed by atoms with van der Waals surface area (Å²) in [5.74, 6) is -0.622. The Morgan fingerprint density at radius 1 is 1.47 bits per heavy atom. The number of carbonyl (C=O) groups is 2. The van der Waals surface area contributed by atoms with Crippen molar-refractivity contribution in [1.29, 1.82) is 0 Å². The lowest BCUT2D eigenvalue weighted by atomic mass is 10.1. The summed E-state index contributed by atoms with van der Waals surface area (Å²) in [6.07, 6.45) is 0. The fourth-order valence-corrected chi connectivity index (χ4v) is 0.992. The largest absolute Gasteiger partial charge is 0.370 e. The molecule has 0 saturated heterocycles. The summed E-state index contributed by atoms with van der Waals surface area (Å²) in [4.78, 5) is 21.6. The quantitative estimate of drug-likeness (QED) is 0.429. The van der Waals surface area contributed by atoms with Crippen LogP contribution in [-0.4, -0.2) is 45.2 Å². The zero-order chi connectivity index (χ0) is 11.7. The van der Waals surface area contributed by atoms with Crippen LogP contribution in [-0.2, 0) is 14.3 Å². The van der Waals surface area contributed by atoms with Crippen molar-refractivity contribution < 1.29 is 14.3 Å². The van der Waals surface area contributed by atoms with Crippen LogP contribution in [0, 0.1) is 5.92 Å². The van der Waals surface area contributed by atoms with Crippen molar-refractivity contribution in [3.63, 3.8) is 0 Å². The van der Waals surface area contributed by atoms with Crippen LogP contribution in [0.2, 0.25) is 0 Å². The van der Waals surface area contributed by atoms with E-state index in [2.05, 4.69) is 10.6 Å². The van der Waals surface area contributed by atoms with Crippen molar-refractivity contribution in [3.05, 3.63) is 0 Å². The van der Waals surface area contributed by atoms with E-state index in [1.165, 1.54) is 0 Å². The molecule has 0 saturated carbocycles. The number of amides is 2. The summed E-state index contributed by atoms with van der Waals surface area (Å²) in [6.45, 7) is 3.03. The Kier molecular flexibility index (Phi) is 7.57. The van der Waals surface area contributed by atoms with Gasteiger partial charge >= 0.3 is 0 Å². The third-order valence-corrected chi connectivity index (χ3v) is 1.75. The van der Waals surface area contributed by atoms with E-state index in [4.69, 9.17) is 10.5 Å². The minimum atomic E-state index is -0.509. The summed E-state index contributed by atoms with van der Waals surface area (Å²) in [7, 11) is 1.79. The standard InChI is InChI=1S/C9H19N3O3/c1-7(5-11-2)9(14)12-3-4-15-6-8(10)13/h7,11H,3-6H2,1-2H3,(H2,10,13)(H,12,14). The lowest BCUT2D eigenvalue weighted by Gasteiger charge is -2.11. The molecule has 0 aliphatic heterocycles. The smallest absolute Gasteiger partial charge is 0.243 e. The van der Waals surface area contributed by atoms with Crippen LogP contribution >= 0.6 is 0 Å². The molecule has 2 amide bonds. The number of nitrogens with one attached hydrogen (secondary N) is 2. The second kappa shape index (κ2) is 8.19. The van der Waals surface area contributed by atoms with Crippen molar-refractivity contribution >= 4 is 11.8 Å². The Morgan fingerprint density at radius 3 is 2.67 bits per heavy atom. The van der Waals surface area contributed by atoms with Gasteiger partial charge in [0.2, 0.25) is 11.8 Å². The van der Waals surface area contributed by atoms with Crippen molar-refractivity contribution in [2.45, 2.75) is 6.92 Å². The summed E-state index contributed by atoms with van der Waals surface area (Å²) < 4.78 is 4.88. The fraction of sp³-hybridized carbons (Fsp3) is 0.778. The molecule has 0 aliphatic rings. The first-order valence-electron chi connectivity index (χ1n) is 4.86. The first kappa shape index (κ1) is 13.9. The minimum Gasteiger partial charge on any atom is -0.370 e. The second-order valence-electron chi connectivity index (χ2n) is 3.27. The van der Waals surface area contributed by atoms with Crippen LogP contribution in [0.3, 0.4) is 0 Å². The second-order valence-corrected chi connectivity index (χ2v) is 3.27. The van der Waals surface area contributed by atoms with Gasteiger partial charge in [0.05, 0.1) is 6.61 Å². The first-order valence-corrected chi connectivity index (χ1v) is 4.86. The molecule has 0 fully saturated rings. The number of rotatable bonds is 8. The average molecular weight is 217 g/mol. The molecule has 6 nitrogen and oxygen atoms in total. The molecule has 0 spiro atoms. The van der Waals surface area contributed by atoms with Gasteiger partial charge < -0.3 is 21.1 Å². The maximum absolute atomic E-state index is 11.3. The normalized spacial score (nSPS) is 12.1. The van der Waals surface area contributed by atoms with Crippen molar-refractivity contribution in [2.75, 3.05) is 33.4 Å². The number of carbonyl (C=O) groups excluding carboxylic acids is 2. The maximum atomic E-state index is 11.3. The van der Waals surface area contributed by atoms with Crippen molar-refractivity contribution in [2.24, 2.45) is 11.7 Å². The van der Waals surface area contributed by atoms with Crippen LogP contribution in [0.15, 0.2) is 0 Å². The highest BCUT2D eigenvalue weighted by Gasteiger charge is 2.10. The van der Waals surface area contributed by atoms with E-state index in [0.717, 1.165) is 0 Å². The summed E-state index contributed by atoms with van der Waals surface area (Å²) >= 11 is 0. The monoisotopic (exact) mass is 217 g/mol. The number of primary amides is 1. The summed E-state index contributed by atoms with van der Waals surface area (Å²) in [5.41, 5.74) is 4.86. The molecule has 0 aromatic rings. The Balaban J connectivity index is 3.42. The first-order chi connectivity index (χ1) is 7.07. The molecule has 88 valence electrons. The molecule has 0 aromatic heterocycles. The Hall–Kier alpha value is -1.14. The Morgan fingerprint density at radius 2 is 2.13 bits per heavy atom. The van der Waals surface area contributed by atoms with Gasteiger partial charge in [0.25, 0.3) is 0 Å². The Labute approximate surface area is 89.5 Å². The van der Waals surface area contributed by atoms with Crippen molar-refractivity contribution in [1.82, 2.24) is 10.6 Å². The van der Waals surface area contributed by atoms with Crippen LogP contribution in [0.25, 0.3) is 0 Å². The molecule has 1 atom stereocenters. The zero-order valence-corrected chi connectivity index (χ0v) is 9.21. The van der Waals surface area contributed by atoms with E-state index in [1.54, 1.807) is 7.05 Å². The molecule has 0 aromatic carbocycles. The lowest BCUT2D eigenvalue weighted by molar-refractivity contribution is -0.124.